The van der Waals surface area contributed by atoms with E-state index in [0.29, 0.717) is 0 Å². The topological polar surface area (TPSA) is 4.93 Å². The van der Waals surface area contributed by atoms with Crippen LogP contribution in [0.2, 0.25) is 0 Å². The standard InChI is InChI=1S/C36H21NS2/c1-4-16-30-25(11-1)26-12-2-5-17-31(26)37(30)23-10-7-9-22(21-23)24-14-8-15-27-28-19-20-33-34(36(28)39-35(24)27)29-13-3-6-18-32(29)38-33/h1-21H. The molecule has 3 heteroatoms. The van der Waals surface area contributed by atoms with E-state index in [4.69, 9.17) is 0 Å². The summed E-state index contributed by atoms with van der Waals surface area (Å²) in [6.45, 7) is 0. The van der Waals surface area contributed by atoms with Gasteiger partial charge >= 0.3 is 0 Å². The predicted molar refractivity (Wildman–Crippen MR) is 172 cm³/mol. The van der Waals surface area contributed by atoms with Crippen molar-refractivity contribution in [2.45, 2.75) is 0 Å². The lowest BCUT2D eigenvalue weighted by Crippen LogP contribution is -1.94. The summed E-state index contributed by atoms with van der Waals surface area (Å²) in [6.07, 6.45) is 0. The molecule has 9 aromatic rings. The number of nitrogens with zero attached hydrogens (tertiary/aromatic N) is 1. The van der Waals surface area contributed by atoms with Gasteiger partial charge in [0.1, 0.15) is 0 Å². The Morgan fingerprint density at radius 1 is 0.436 bits per heavy atom. The minimum absolute atomic E-state index is 1.19. The second kappa shape index (κ2) is 8.03. The van der Waals surface area contributed by atoms with Gasteiger partial charge in [0.25, 0.3) is 0 Å². The summed E-state index contributed by atoms with van der Waals surface area (Å²) in [5.74, 6) is 0. The Balaban J connectivity index is 1.31. The average molecular weight is 532 g/mol. The predicted octanol–water partition coefficient (Wildman–Crippen LogP) is 11.2. The smallest absolute Gasteiger partial charge is 0.0541 e. The molecular weight excluding hydrogens is 511 g/mol. The quantitative estimate of drug-likeness (QED) is 0.209. The van der Waals surface area contributed by atoms with Crippen LogP contribution in [0.1, 0.15) is 0 Å². The molecule has 0 aliphatic heterocycles. The summed E-state index contributed by atoms with van der Waals surface area (Å²) in [4.78, 5) is 0. The number of fused-ring (bicyclic) bond motifs is 10. The zero-order valence-corrected chi connectivity index (χ0v) is 22.5. The Kier molecular flexibility index (Phi) is 4.43. The van der Waals surface area contributed by atoms with Gasteiger partial charge in [-0.2, -0.15) is 0 Å². The molecule has 39 heavy (non-hydrogen) atoms. The van der Waals surface area contributed by atoms with Gasteiger partial charge in [-0.15, -0.1) is 22.7 Å². The van der Waals surface area contributed by atoms with E-state index >= 15 is 0 Å². The lowest BCUT2D eigenvalue weighted by molar-refractivity contribution is 1.18. The molecule has 0 aliphatic carbocycles. The number of hydrogen-bond acceptors (Lipinski definition) is 2. The number of rotatable bonds is 2. The maximum Gasteiger partial charge on any atom is 0.0541 e. The van der Waals surface area contributed by atoms with Gasteiger partial charge in [-0.05, 0) is 47.5 Å². The van der Waals surface area contributed by atoms with Gasteiger partial charge in [0.15, 0.2) is 0 Å². The molecule has 0 spiro atoms. The van der Waals surface area contributed by atoms with E-state index in [-0.39, 0.29) is 0 Å². The van der Waals surface area contributed by atoms with Crippen LogP contribution < -0.4 is 0 Å². The Bertz CT molecular complexity index is 2350. The van der Waals surface area contributed by atoms with E-state index in [1.807, 2.05) is 22.7 Å². The number of benzene rings is 6. The van der Waals surface area contributed by atoms with Crippen molar-refractivity contribution in [3.05, 3.63) is 127 Å². The third-order valence-electron chi connectivity index (χ3n) is 8.00. The molecule has 0 aliphatic rings. The molecule has 3 aromatic heterocycles. The normalized spacial score (nSPS) is 12.1. The zero-order valence-electron chi connectivity index (χ0n) is 20.9. The first kappa shape index (κ1) is 21.5. The van der Waals surface area contributed by atoms with E-state index in [2.05, 4.69) is 132 Å². The Morgan fingerprint density at radius 2 is 1.10 bits per heavy atom. The van der Waals surface area contributed by atoms with Crippen LogP contribution in [0.15, 0.2) is 127 Å². The second-order valence-corrected chi connectivity index (χ2v) is 12.2. The Labute approximate surface area is 232 Å². The minimum atomic E-state index is 1.19. The molecule has 182 valence electrons. The molecule has 6 aromatic carbocycles. The van der Waals surface area contributed by atoms with E-state index in [9.17, 15) is 0 Å². The second-order valence-electron chi connectivity index (χ2n) is 10.1. The van der Waals surface area contributed by atoms with E-state index in [1.165, 1.54) is 79.0 Å². The van der Waals surface area contributed by atoms with Crippen molar-refractivity contribution >= 4 is 84.8 Å². The van der Waals surface area contributed by atoms with Crippen LogP contribution in [0, 0.1) is 0 Å². The zero-order chi connectivity index (χ0) is 25.5. The summed E-state index contributed by atoms with van der Waals surface area (Å²) >= 11 is 3.83. The largest absolute Gasteiger partial charge is 0.309 e. The van der Waals surface area contributed by atoms with E-state index in [0.717, 1.165) is 0 Å². The van der Waals surface area contributed by atoms with Crippen molar-refractivity contribution in [2.75, 3.05) is 0 Å². The molecule has 0 amide bonds. The highest BCUT2D eigenvalue weighted by molar-refractivity contribution is 7.30. The van der Waals surface area contributed by atoms with Crippen LogP contribution in [0.5, 0.6) is 0 Å². The van der Waals surface area contributed by atoms with Crippen LogP contribution in [0.25, 0.3) is 79.0 Å². The van der Waals surface area contributed by atoms with Crippen LogP contribution in [0.3, 0.4) is 0 Å². The van der Waals surface area contributed by atoms with Crippen LogP contribution in [-0.2, 0) is 0 Å². The van der Waals surface area contributed by atoms with Gasteiger partial charge in [-0.3, -0.25) is 0 Å². The van der Waals surface area contributed by atoms with Crippen molar-refractivity contribution in [1.82, 2.24) is 4.57 Å². The Morgan fingerprint density at radius 3 is 1.92 bits per heavy atom. The molecule has 0 saturated heterocycles. The molecule has 0 N–H and O–H groups in total. The molecule has 1 nitrogen and oxygen atoms in total. The molecule has 3 heterocycles. The third kappa shape index (κ3) is 3.00. The summed E-state index contributed by atoms with van der Waals surface area (Å²) < 4.78 is 7.88. The monoisotopic (exact) mass is 531 g/mol. The molecular formula is C36H21NS2. The molecule has 9 rings (SSSR count). The SMILES string of the molecule is c1cc(-c2cccc3c2sc2c3ccc3sc4ccccc4c32)cc(-n2c3ccccc3c3ccccc32)c1. The van der Waals surface area contributed by atoms with Crippen LogP contribution in [-0.4, -0.2) is 4.57 Å². The fourth-order valence-electron chi connectivity index (χ4n) is 6.31. The first-order chi connectivity index (χ1) is 19.3. The van der Waals surface area contributed by atoms with Crippen LogP contribution >= 0.6 is 22.7 Å². The molecule has 0 fully saturated rings. The van der Waals surface area contributed by atoms with E-state index < -0.39 is 0 Å². The third-order valence-corrected chi connectivity index (χ3v) is 10.4. The molecule has 0 unspecified atom stereocenters. The maximum atomic E-state index is 2.40. The molecule has 0 atom stereocenters. The van der Waals surface area contributed by atoms with Gasteiger partial charge in [-0.25, -0.2) is 0 Å². The lowest BCUT2D eigenvalue weighted by Gasteiger charge is -2.11. The van der Waals surface area contributed by atoms with Crippen molar-refractivity contribution in [3.8, 4) is 16.8 Å². The van der Waals surface area contributed by atoms with Crippen molar-refractivity contribution in [3.63, 3.8) is 0 Å². The highest BCUT2D eigenvalue weighted by Gasteiger charge is 2.17. The lowest BCUT2D eigenvalue weighted by atomic mass is 10.0. The van der Waals surface area contributed by atoms with Gasteiger partial charge in [-0.1, -0.05) is 91.0 Å². The fraction of sp³-hybridized carbons (Fsp3) is 0. The molecule has 0 saturated carbocycles. The van der Waals surface area contributed by atoms with Gasteiger partial charge in [0.2, 0.25) is 0 Å². The number of hydrogen-bond donors (Lipinski definition) is 0. The highest BCUT2D eigenvalue weighted by atomic mass is 32.1. The summed E-state index contributed by atoms with van der Waals surface area (Å²) in [7, 11) is 0. The Hall–Kier alpha value is -4.44. The van der Waals surface area contributed by atoms with Gasteiger partial charge < -0.3 is 4.57 Å². The van der Waals surface area contributed by atoms with Crippen molar-refractivity contribution in [1.29, 1.82) is 0 Å². The maximum absolute atomic E-state index is 2.40. The number of aromatic nitrogens is 1. The average Bonchev–Trinajstić information content (AvgIpc) is 3.66. The summed E-state index contributed by atoms with van der Waals surface area (Å²) in [5.41, 5.74) is 6.21. The first-order valence-electron chi connectivity index (χ1n) is 13.2. The molecule has 0 bridgehead atoms. The fourth-order valence-corrected chi connectivity index (χ4v) is 8.88. The van der Waals surface area contributed by atoms with E-state index in [1.54, 1.807) is 0 Å². The van der Waals surface area contributed by atoms with Gasteiger partial charge in [0, 0.05) is 56.8 Å². The number of thiophene rings is 2. The highest BCUT2D eigenvalue weighted by Crippen LogP contribution is 2.46. The summed E-state index contributed by atoms with van der Waals surface area (Å²) in [6, 6.07) is 46.7. The van der Waals surface area contributed by atoms with Crippen LogP contribution in [0.4, 0.5) is 0 Å². The number of para-hydroxylation sites is 2. The molecule has 0 radical (unpaired) electrons. The van der Waals surface area contributed by atoms with Crippen molar-refractivity contribution < 1.29 is 0 Å². The van der Waals surface area contributed by atoms with Crippen molar-refractivity contribution in [2.24, 2.45) is 0 Å². The first-order valence-corrected chi connectivity index (χ1v) is 14.8. The minimum Gasteiger partial charge on any atom is -0.309 e. The summed E-state index contributed by atoms with van der Waals surface area (Å²) in [5, 5.41) is 8.04. The van der Waals surface area contributed by atoms with Gasteiger partial charge in [0.05, 0.1) is 11.0 Å².